The van der Waals surface area contributed by atoms with E-state index in [1.807, 2.05) is 6.07 Å². The van der Waals surface area contributed by atoms with E-state index in [0.717, 1.165) is 18.4 Å². The van der Waals surface area contributed by atoms with E-state index < -0.39 is 0 Å². The molecular formula is C14H17BrO3. The predicted octanol–water partition coefficient (Wildman–Crippen LogP) is 1.87. The number of rotatable bonds is 4. The van der Waals surface area contributed by atoms with Crippen LogP contribution in [0, 0.1) is 5.92 Å². The molecule has 2 unspecified atom stereocenters. The van der Waals surface area contributed by atoms with Crippen LogP contribution in [0.2, 0.25) is 0 Å². The van der Waals surface area contributed by atoms with Gasteiger partial charge < -0.3 is 9.84 Å². The summed E-state index contributed by atoms with van der Waals surface area (Å²) in [5.74, 6) is -0.172. The number of hydrogen-bond acceptors (Lipinski definition) is 3. The summed E-state index contributed by atoms with van der Waals surface area (Å²) in [5.41, 5.74) is 3.55. The minimum absolute atomic E-state index is 0.0404. The lowest BCUT2D eigenvalue weighted by atomic mass is 10.0. The largest absolute Gasteiger partial charge is 0.469 e. The Kier molecular flexibility index (Phi) is 4.40. The minimum atomic E-state index is -0.360. The molecule has 2 atom stereocenters. The van der Waals surface area contributed by atoms with Crippen molar-refractivity contribution in [2.24, 2.45) is 5.92 Å². The fourth-order valence-corrected chi connectivity index (χ4v) is 2.69. The van der Waals surface area contributed by atoms with E-state index in [-0.39, 0.29) is 18.0 Å². The fourth-order valence-electron chi connectivity index (χ4n) is 2.46. The molecule has 1 aliphatic rings. The zero-order chi connectivity index (χ0) is 13.1. The highest BCUT2D eigenvalue weighted by molar-refractivity contribution is 9.09. The number of benzene rings is 1. The zero-order valence-electron chi connectivity index (χ0n) is 10.4. The summed E-state index contributed by atoms with van der Waals surface area (Å²) in [4.78, 5) is 11.5. The number of fused-ring (bicyclic) bond motifs is 1. The number of carbonyl (C=O) groups excluding carboxylic acids is 1. The summed E-state index contributed by atoms with van der Waals surface area (Å²) in [5, 5.41) is 10.2. The number of carbonyl (C=O) groups is 1. The average Bonchev–Trinajstić information content (AvgIpc) is 2.80. The molecule has 1 aromatic rings. The first kappa shape index (κ1) is 13.6. The van der Waals surface area contributed by atoms with Crippen molar-refractivity contribution in [3.63, 3.8) is 0 Å². The van der Waals surface area contributed by atoms with E-state index in [0.29, 0.717) is 11.8 Å². The average molecular weight is 313 g/mol. The van der Waals surface area contributed by atoms with Gasteiger partial charge in [0, 0.05) is 5.33 Å². The van der Waals surface area contributed by atoms with Gasteiger partial charge >= 0.3 is 5.97 Å². The molecule has 0 saturated carbocycles. The third-order valence-electron chi connectivity index (χ3n) is 3.39. The molecule has 0 spiro atoms. The van der Waals surface area contributed by atoms with Crippen molar-refractivity contribution in [2.45, 2.75) is 25.4 Å². The van der Waals surface area contributed by atoms with Crippen LogP contribution in [0.5, 0.6) is 0 Å². The van der Waals surface area contributed by atoms with E-state index in [2.05, 4.69) is 28.1 Å². The van der Waals surface area contributed by atoms with E-state index in [1.54, 1.807) is 0 Å². The SMILES string of the molecule is COC(=O)C1Cc2ccc(CC(O)CBr)cc2C1. The molecule has 2 rings (SSSR count). The molecule has 0 aliphatic heterocycles. The van der Waals surface area contributed by atoms with Crippen molar-refractivity contribution in [2.75, 3.05) is 12.4 Å². The van der Waals surface area contributed by atoms with Crippen LogP contribution in [0.1, 0.15) is 16.7 Å². The second kappa shape index (κ2) is 5.85. The summed E-state index contributed by atoms with van der Waals surface area (Å²) < 4.78 is 4.79. The zero-order valence-corrected chi connectivity index (χ0v) is 11.9. The highest BCUT2D eigenvalue weighted by atomic mass is 79.9. The molecule has 0 fully saturated rings. The number of esters is 1. The Morgan fingerprint density at radius 1 is 1.50 bits per heavy atom. The van der Waals surface area contributed by atoms with Crippen molar-refractivity contribution < 1.29 is 14.6 Å². The van der Waals surface area contributed by atoms with Crippen LogP contribution in [0.3, 0.4) is 0 Å². The number of aliphatic hydroxyl groups is 1. The molecule has 0 amide bonds. The Labute approximate surface area is 115 Å². The molecule has 0 saturated heterocycles. The van der Waals surface area contributed by atoms with Crippen LogP contribution in [-0.2, 0) is 28.8 Å². The molecule has 98 valence electrons. The van der Waals surface area contributed by atoms with E-state index in [4.69, 9.17) is 4.74 Å². The molecule has 1 aromatic carbocycles. The van der Waals surface area contributed by atoms with Gasteiger partial charge in [-0.05, 0) is 36.0 Å². The molecule has 0 aromatic heterocycles. The van der Waals surface area contributed by atoms with Gasteiger partial charge in [-0.1, -0.05) is 34.1 Å². The van der Waals surface area contributed by atoms with Gasteiger partial charge in [-0.25, -0.2) is 0 Å². The first-order chi connectivity index (χ1) is 8.63. The molecule has 0 bridgehead atoms. The Bertz CT molecular complexity index is 445. The van der Waals surface area contributed by atoms with Gasteiger partial charge in [0.15, 0.2) is 0 Å². The number of alkyl halides is 1. The second-order valence-electron chi connectivity index (χ2n) is 4.74. The number of hydrogen-bond donors (Lipinski definition) is 1. The quantitative estimate of drug-likeness (QED) is 0.682. The molecule has 1 aliphatic carbocycles. The van der Waals surface area contributed by atoms with Crippen LogP contribution < -0.4 is 0 Å². The van der Waals surface area contributed by atoms with Gasteiger partial charge in [-0.2, -0.15) is 0 Å². The van der Waals surface area contributed by atoms with Crippen molar-refractivity contribution in [1.82, 2.24) is 0 Å². The lowest BCUT2D eigenvalue weighted by Gasteiger charge is -2.08. The van der Waals surface area contributed by atoms with Crippen LogP contribution in [0.15, 0.2) is 18.2 Å². The van der Waals surface area contributed by atoms with Gasteiger partial charge in [0.25, 0.3) is 0 Å². The van der Waals surface area contributed by atoms with Gasteiger partial charge in [0.1, 0.15) is 0 Å². The fraction of sp³-hybridized carbons (Fsp3) is 0.500. The first-order valence-corrected chi connectivity index (χ1v) is 7.18. The third-order valence-corrected chi connectivity index (χ3v) is 4.13. The maximum absolute atomic E-state index is 11.5. The van der Waals surface area contributed by atoms with E-state index in [1.165, 1.54) is 18.2 Å². The molecule has 18 heavy (non-hydrogen) atoms. The Morgan fingerprint density at radius 2 is 2.22 bits per heavy atom. The highest BCUT2D eigenvalue weighted by Crippen LogP contribution is 2.28. The maximum Gasteiger partial charge on any atom is 0.309 e. The number of methoxy groups -OCH3 is 1. The summed E-state index contributed by atoms with van der Waals surface area (Å²) in [6.07, 6.45) is 1.80. The summed E-state index contributed by atoms with van der Waals surface area (Å²) >= 11 is 3.26. The topological polar surface area (TPSA) is 46.5 Å². The lowest BCUT2D eigenvalue weighted by Crippen LogP contribution is -2.15. The van der Waals surface area contributed by atoms with Crippen molar-refractivity contribution in [3.05, 3.63) is 34.9 Å². The van der Waals surface area contributed by atoms with Gasteiger partial charge in [0.2, 0.25) is 0 Å². The number of halogens is 1. The minimum Gasteiger partial charge on any atom is -0.469 e. The van der Waals surface area contributed by atoms with E-state index in [9.17, 15) is 9.90 Å². The van der Waals surface area contributed by atoms with Crippen LogP contribution in [0.25, 0.3) is 0 Å². The highest BCUT2D eigenvalue weighted by Gasteiger charge is 2.28. The Balaban J connectivity index is 2.09. The monoisotopic (exact) mass is 312 g/mol. The van der Waals surface area contributed by atoms with Crippen molar-refractivity contribution in [3.8, 4) is 0 Å². The molecular weight excluding hydrogens is 296 g/mol. The smallest absolute Gasteiger partial charge is 0.309 e. The summed E-state index contributed by atoms with van der Waals surface area (Å²) in [7, 11) is 1.43. The molecule has 4 heteroatoms. The van der Waals surface area contributed by atoms with Gasteiger partial charge in [-0.15, -0.1) is 0 Å². The van der Waals surface area contributed by atoms with Crippen molar-refractivity contribution in [1.29, 1.82) is 0 Å². The van der Waals surface area contributed by atoms with Crippen LogP contribution in [-0.4, -0.2) is 29.6 Å². The Hall–Kier alpha value is -0.870. The standard InChI is InChI=1S/C14H17BrO3/c1-18-14(17)12-6-10-3-2-9(4-11(10)7-12)5-13(16)8-15/h2-4,12-13,16H,5-8H2,1H3. The Morgan fingerprint density at radius 3 is 2.89 bits per heavy atom. The molecule has 0 heterocycles. The van der Waals surface area contributed by atoms with Crippen molar-refractivity contribution >= 4 is 21.9 Å². The lowest BCUT2D eigenvalue weighted by molar-refractivity contribution is -0.145. The van der Waals surface area contributed by atoms with E-state index >= 15 is 0 Å². The summed E-state index contributed by atoms with van der Waals surface area (Å²) in [6.45, 7) is 0. The molecule has 0 radical (unpaired) electrons. The number of aliphatic hydroxyl groups excluding tert-OH is 1. The number of ether oxygens (including phenoxy) is 1. The van der Waals surface area contributed by atoms with Crippen LogP contribution in [0.4, 0.5) is 0 Å². The molecule has 3 nitrogen and oxygen atoms in total. The van der Waals surface area contributed by atoms with Gasteiger partial charge in [-0.3, -0.25) is 4.79 Å². The second-order valence-corrected chi connectivity index (χ2v) is 5.39. The normalized spacial score (nSPS) is 19.4. The van der Waals surface area contributed by atoms with Gasteiger partial charge in [0.05, 0.1) is 19.1 Å². The third kappa shape index (κ3) is 2.93. The molecule has 1 N–H and O–H groups in total. The van der Waals surface area contributed by atoms with Crippen LogP contribution >= 0.6 is 15.9 Å². The predicted molar refractivity (Wildman–Crippen MR) is 72.9 cm³/mol. The first-order valence-electron chi connectivity index (χ1n) is 6.06. The maximum atomic E-state index is 11.5. The summed E-state index contributed by atoms with van der Waals surface area (Å²) in [6, 6.07) is 6.20.